The van der Waals surface area contributed by atoms with Crippen LogP contribution >= 0.6 is 23.8 Å². The summed E-state index contributed by atoms with van der Waals surface area (Å²) in [6, 6.07) is 7.61. The second-order valence-electron chi connectivity index (χ2n) is 3.98. The van der Waals surface area contributed by atoms with Crippen LogP contribution in [0.2, 0.25) is 5.02 Å². The third-order valence-electron chi connectivity index (χ3n) is 2.74. The van der Waals surface area contributed by atoms with E-state index in [-0.39, 0.29) is 0 Å². The summed E-state index contributed by atoms with van der Waals surface area (Å²) in [6.45, 7) is 2.14. The molecule has 1 heterocycles. The van der Waals surface area contributed by atoms with E-state index >= 15 is 0 Å². The van der Waals surface area contributed by atoms with Gasteiger partial charge < -0.3 is 10.2 Å². The van der Waals surface area contributed by atoms with E-state index in [1.807, 2.05) is 24.3 Å². The molecule has 1 fully saturated rings. The molecule has 0 aliphatic carbocycles. The lowest BCUT2D eigenvalue weighted by molar-refractivity contribution is 0.346. The van der Waals surface area contributed by atoms with Crippen LogP contribution in [0.4, 0.5) is 5.69 Å². The number of hydrogen-bond acceptors (Lipinski definition) is 1. The van der Waals surface area contributed by atoms with Gasteiger partial charge in [0.15, 0.2) is 5.11 Å². The molecule has 0 radical (unpaired) electrons. The summed E-state index contributed by atoms with van der Waals surface area (Å²) in [5.74, 6) is 0. The third kappa shape index (κ3) is 3.09. The van der Waals surface area contributed by atoms with Crippen LogP contribution in [-0.2, 0) is 0 Å². The highest BCUT2D eigenvalue weighted by Crippen LogP contribution is 2.15. The first-order chi connectivity index (χ1) is 7.75. The largest absolute Gasteiger partial charge is 0.349 e. The van der Waals surface area contributed by atoms with Gasteiger partial charge in [0.25, 0.3) is 0 Å². The van der Waals surface area contributed by atoms with Gasteiger partial charge in [-0.05, 0) is 55.7 Å². The maximum atomic E-state index is 5.83. The Labute approximate surface area is 107 Å². The number of piperidine rings is 1. The summed E-state index contributed by atoms with van der Waals surface area (Å²) in [6.07, 6.45) is 3.80. The SMILES string of the molecule is S=C(Nc1ccc(Cl)cc1)N1CCCCC1. The normalized spacial score (nSPS) is 15.9. The molecule has 1 aliphatic heterocycles. The zero-order chi connectivity index (χ0) is 11.4. The Morgan fingerprint density at radius 1 is 1.12 bits per heavy atom. The Kier molecular flexibility index (Phi) is 4.02. The number of hydrogen-bond donors (Lipinski definition) is 1. The summed E-state index contributed by atoms with van der Waals surface area (Å²) >= 11 is 11.2. The van der Waals surface area contributed by atoms with Crippen LogP contribution in [0.5, 0.6) is 0 Å². The molecule has 0 amide bonds. The molecule has 2 rings (SSSR count). The van der Waals surface area contributed by atoms with E-state index in [9.17, 15) is 0 Å². The Hall–Kier alpha value is -0.800. The van der Waals surface area contributed by atoms with Crippen LogP contribution in [0.25, 0.3) is 0 Å². The number of thiocarbonyl (C=S) groups is 1. The van der Waals surface area contributed by atoms with E-state index < -0.39 is 0 Å². The Balaban J connectivity index is 1.93. The van der Waals surface area contributed by atoms with E-state index in [0.717, 1.165) is 28.9 Å². The first-order valence-electron chi connectivity index (χ1n) is 5.57. The standard InChI is InChI=1S/C12H15ClN2S/c13-10-4-6-11(7-5-10)14-12(16)15-8-2-1-3-9-15/h4-7H,1-3,8-9H2,(H,14,16). The van der Waals surface area contributed by atoms with Crippen molar-refractivity contribution in [1.29, 1.82) is 0 Å². The predicted molar refractivity (Wildman–Crippen MR) is 73.1 cm³/mol. The highest BCUT2D eigenvalue weighted by atomic mass is 35.5. The molecule has 1 aliphatic rings. The van der Waals surface area contributed by atoms with E-state index in [1.165, 1.54) is 19.3 Å². The molecule has 1 saturated heterocycles. The number of halogens is 1. The van der Waals surface area contributed by atoms with Gasteiger partial charge in [0.2, 0.25) is 0 Å². The Bertz CT molecular complexity index is 358. The lowest BCUT2D eigenvalue weighted by Crippen LogP contribution is -2.38. The number of likely N-dealkylation sites (tertiary alicyclic amines) is 1. The van der Waals surface area contributed by atoms with Crippen LogP contribution in [0.15, 0.2) is 24.3 Å². The van der Waals surface area contributed by atoms with Gasteiger partial charge in [-0.1, -0.05) is 11.6 Å². The Morgan fingerprint density at radius 2 is 1.75 bits per heavy atom. The van der Waals surface area contributed by atoms with Gasteiger partial charge in [0.1, 0.15) is 0 Å². The van der Waals surface area contributed by atoms with E-state index in [0.29, 0.717) is 0 Å². The number of nitrogens with one attached hydrogen (secondary N) is 1. The lowest BCUT2D eigenvalue weighted by atomic mass is 10.1. The minimum Gasteiger partial charge on any atom is -0.349 e. The average Bonchev–Trinajstić information content (AvgIpc) is 2.33. The molecule has 0 spiro atoms. The van der Waals surface area contributed by atoms with Crippen molar-refractivity contribution in [1.82, 2.24) is 4.90 Å². The molecule has 0 aromatic heterocycles. The number of benzene rings is 1. The molecule has 2 nitrogen and oxygen atoms in total. The minimum absolute atomic E-state index is 0.745. The molecule has 0 unspecified atom stereocenters. The van der Waals surface area contributed by atoms with Crippen molar-refractivity contribution in [3.05, 3.63) is 29.3 Å². The van der Waals surface area contributed by atoms with Gasteiger partial charge in [-0.15, -0.1) is 0 Å². The topological polar surface area (TPSA) is 15.3 Å². The second-order valence-corrected chi connectivity index (χ2v) is 4.81. The number of anilines is 1. The Morgan fingerprint density at radius 3 is 2.38 bits per heavy atom. The monoisotopic (exact) mass is 254 g/mol. The highest BCUT2D eigenvalue weighted by molar-refractivity contribution is 7.80. The van der Waals surface area contributed by atoms with Gasteiger partial charge in [0, 0.05) is 23.8 Å². The molecule has 1 aromatic rings. The van der Waals surface area contributed by atoms with Crippen molar-refractivity contribution in [2.75, 3.05) is 18.4 Å². The van der Waals surface area contributed by atoms with E-state index in [2.05, 4.69) is 10.2 Å². The fourth-order valence-electron chi connectivity index (χ4n) is 1.83. The fourth-order valence-corrected chi connectivity index (χ4v) is 2.26. The first kappa shape index (κ1) is 11.7. The average molecular weight is 255 g/mol. The summed E-state index contributed by atoms with van der Waals surface area (Å²) in [7, 11) is 0. The van der Waals surface area contributed by atoms with Gasteiger partial charge in [-0.3, -0.25) is 0 Å². The number of rotatable bonds is 1. The van der Waals surface area contributed by atoms with Crippen LogP contribution < -0.4 is 5.32 Å². The molecule has 0 atom stereocenters. The zero-order valence-electron chi connectivity index (χ0n) is 9.08. The molecule has 16 heavy (non-hydrogen) atoms. The van der Waals surface area contributed by atoms with Crippen LogP contribution in [-0.4, -0.2) is 23.1 Å². The fraction of sp³-hybridized carbons (Fsp3) is 0.417. The summed E-state index contributed by atoms with van der Waals surface area (Å²) in [5.41, 5.74) is 1.000. The van der Waals surface area contributed by atoms with Crippen molar-refractivity contribution in [3.63, 3.8) is 0 Å². The maximum absolute atomic E-state index is 5.83. The molecular formula is C12H15ClN2S. The maximum Gasteiger partial charge on any atom is 0.173 e. The molecule has 0 saturated carbocycles. The van der Waals surface area contributed by atoms with Gasteiger partial charge >= 0.3 is 0 Å². The lowest BCUT2D eigenvalue weighted by Gasteiger charge is -2.29. The molecule has 1 N–H and O–H groups in total. The number of nitrogens with zero attached hydrogens (tertiary/aromatic N) is 1. The van der Waals surface area contributed by atoms with E-state index in [4.69, 9.17) is 23.8 Å². The second kappa shape index (κ2) is 5.51. The first-order valence-corrected chi connectivity index (χ1v) is 6.36. The van der Waals surface area contributed by atoms with Gasteiger partial charge in [-0.2, -0.15) is 0 Å². The van der Waals surface area contributed by atoms with Crippen LogP contribution in [0.1, 0.15) is 19.3 Å². The predicted octanol–water partition coefficient (Wildman–Crippen LogP) is 3.52. The summed E-state index contributed by atoms with van der Waals surface area (Å²) in [5, 5.41) is 4.80. The zero-order valence-corrected chi connectivity index (χ0v) is 10.7. The van der Waals surface area contributed by atoms with Crippen molar-refractivity contribution in [2.45, 2.75) is 19.3 Å². The van der Waals surface area contributed by atoms with Crippen molar-refractivity contribution in [3.8, 4) is 0 Å². The molecular weight excluding hydrogens is 240 g/mol. The van der Waals surface area contributed by atoms with Crippen LogP contribution in [0, 0.1) is 0 Å². The van der Waals surface area contributed by atoms with Crippen molar-refractivity contribution in [2.24, 2.45) is 0 Å². The quantitative estimate of drug-likeness (QED) is 0.772. The molecule has 1 aromatic carbocycles. The highest BCUT2D eigenvalue weighted by Gasteiger charge is 2.12. The minimum atomic E-state index is 0.745. The van der Waals surface area contributed by atoms with Crippen molar-refractivity contribution >= 4 is 34.6 Å². The van der Waals surface area contributed by atoms with E-state index in [1.54, 1.807) is 0 Å². The van der Waals surface area contributed by atoms with Crippen LogP contribution in [0.3, 0.4) is 0 Å². The smallest absolute Gasteiger partial charge is 0.173 e. The molecule has 4 heteroatoms. The molecule has 0 bridgehead atoms. The van der Waals surface area contributed by atoms with Crippen molar-refractivity contribution < 1.29 is 0 Å². The summed E-state index contributed by atoms with van der Waals surface area (Å²) in [4.78, 5) is 2.23. The summed E-state index contributed by atoms with van der Waals surface area (Å²) < 4.78 is 0. The third-order valence-corrected chi connectivity index (χ3v) is 3.35. The molecule has 86 valence electrons. The van der Waals surface area contributed by atoms with Gasteiger partial charge in [-0.25, -0.2) is 0 Å². The van der Waals surface area contributed by atoms with Gasteiger partial charge in [0.05, 0.1) is 0 Å².